The summed E-state index contributed by atoms with van der Waals surface area (Å²) >= 11 is 0. The molecule has 7 heteroatoms. The third kappa shape index (κ3) is 3.25. The smallest absolute Gasteiger partial charge is 0.251 e. The van der Waals surface area contributed by atoms with Gasteiger partial charge in [0.15, 0.2) is 0 Å². The number of carbonyl (C=O) groups excluding carboxylic acids is 1. The molecule has 4 rings (SSSR count). The van der Waals surface area contributed by atoms with Crippen LogP contribution in [0, 0.1) is 5.92 Å². The molecule has 2 aromatic heterocycles. The van der Waals surface area contributed by atoms with Crippen LogP contribution >= 0.6 is 0 Å². The van der Waals surface area contributed by atoms with Crippen molar-refractivity contribution in [2.75, 3.05) is 0 Å². The van der Waals surface area contributed by atoms with Crippen LogP contribution in [0.3, 0.4) is 0 Å². The molecule has 0 unspecified atom stereocenters. The highest BCUT2D eigenvalue weighted by atomic mass is 16.3. The molecule has 0 radical (unpaired) electrons. The van der Waals surface area contributed by atoms with Gasteiger partial charge in [-0.15, -0.1) is 0 Å². The standard InChI is InChI=1S/C19H21N5O2/c1-23-11-15(10-21-23)18(14-8-17(25)9-14)22-19(26)13-2-4-16(5-3-13)24-7-6-20-12-24/h2-7,10-12,14,17-18,25H,8-9H2,1H3,(H,22,26)/t14?,17?,18-/m0/s1. The molecule has 3 aromatic rings. The third-order valence-electron chi connectivity index (χ3n) is 4.92. The molecular weight excluding hydrogens is 330 g/mol. The summed E-state index contributed by atoms with van der Waals surface area (Å²) in [5.74, 6) is 0.0980. The number of aliphatic hydroxyl groups excluding tert-OH is 1. The van der Waals surface area contributed by atoms with Crippen molar-refractivity contribution in [3.8, 4) is 5.69 Å². The average molecular weight is 351 g/mol. The minimum atomic E-state index is -0.273. The summed E-state index contributed by atoms with van der Waals surface area (Å²) < 4.78 is 3.61. The number of carbonyl (C=O) groups is 1. The average Bonchev–Trinajstić information content (AvgIpc) is 3.29. The first-order valence-corrected chi connectivity index (χ1v) is 8.66. The van der Waals surface area contributed by atoms with Crippen molar-refractivity contribution in [1.29, 1.82) is 0 Å². The fourth-order valence-corrected chi connectivity index (χ4v) is 3.40. The molecule has 1 amide bonds. The summed E-state index contributed by atoms with van der Waals surface area (Å²) in [5.41, 5.74) is 2.51. The summed E-state index contributed by atoms with van der Waals surface area (Å²) in [6.45, 7) is 0. The Kier molecular flexibility index (Phi) is 4.30. The van der Waals surface area contributed by atoms with Gasteiger partial charge in [0.05, 0.1) is 24.7 Å². The molecule has 26 heavy (non-hydrogen) atoms. The molecule has 134 valence electrons. The van der Waals surface area contributed by atoms with Crippen molar-refractivity contribution in [3.63, 3.8) is 0 Å². The van der Waals surface area contributed by atoms with Gasteiger partial charge in [-0.25, -0.2) is 4.98 Å². The number of aliphatic hydroxyl groups is 1. The van der Waals surface area contributed by atoms with Gasteiger partial charge in [0.2, 0.25) is 0 Å². The first-order chi connectivity index (χ1) is 12.6. The van der Waals surface area contributed by atoms with Gasteiger partial charge >= 0.3 is 0 Å². The van der Waals surface area contributed by atoms with E-state index in [1.54, 1.807) is 35.5 Å². The van der Waals surface area contributed by atoms with Gasteiger partial charge in [-0.1, -0.05) is 0 Å². The molecule has 1 aromatic carbocycles. The highest BCUT2D eigenvalue weighted by molar-refractivity contribution is 5.94. The lowest BCUT2D eigenvalue weighted by Gasteiger charge is -2.37. The minimum absolute atomic E-state index is 0.127. The van der Waals surface area contributed by atoms with Gasteiger partial charge in [0.25, 0.3) is 5.91 Å². The van der Waals surface area contributed by atoms with E-state index in [9.17, 15) is 9.90 Å². The lowest BCUT2D eigenvalue weighted by molar-refractivity contribution is 0.0235. The van der Waals surface area contributed by atoms with E-state index in [0.717, 1.165) is 11.3 Å². The Morgan fingerprint density at radius 1 is 1.31 bits per heavy atom. The minimum Gasteiger partial charge on any atom is -0.393 e. The Bertz CT molecular complexity index is 879. The number of hydrogen-bond donors (Lipinski definition) is 2. The van der Waals surface area contributed by atoms with Crippen LogP contribution in [0.2, 0.25) is 0 Å². The highest BCUT2D eigenvalue weighted by Gasteiger charge is 2.36. The van der Waals surface area contributed by atoms with Gasteiger partial charge in [0.1, 0.15) is 0 Å². The van der Waals surface area contributed by atoms with Crippen LogP contribution in [0.5, 0.6) is 0 Å². The van der Waals surface area contributed by atoms with E-state index in [-0.39, 0.29) is 24.0 Å². The quantitative estimate of drug-likeness (QED) is 0.735. The number of aromatic nitrogens is 4. The van der Waals surface area contributed by atoms with Crippen LogP contribution in [-0.2, 0) is 7.05 Å². The van der Waals surface area contributed by atoms with E-state index >= 15 is 0 Å². The maximum Gasteiger partial charge on any atom is 0.251 e. The third-order valence-corrected chi connectivity index (χ3v) is 4.92. The fraction of sp³-hybridized carbons (Fsp3) is 0.316. The first kappa shape index (κ1) is 16.5. The monoisotopic (exact) mass is 351 g/mol. The van der Waals surface area contributed by atoms with Crippen LogP contribution in [0.4, 0.5) is 0 Å². The van der Waals surface area contributed by atoms with Crippen molar-refractivity contribution >= 4 is 5.91 Å². The lowest BCUT2D eigenvalue weighted by atomic mass is 9.75. The molecule has 0 bridgehead atoms. The van der Waals surface area contributed by atoms with Crippen LogP contribution in [0.15, 0.2) is 55.4 Å². The van der Waals surface area contributed by atoms with E-state index in [4.69, 9.17) is 0 Å². The maximum atomic E-state index is 12.7. The largest absolute Gasteiger partial charge is 0.393 e. The summed E-state index contributed by atoms with van der Waals surface area (Å²) in [6, 6.07) is 7.25. The molecule has 0 spiro atoms. The second kappa shape index (κ2) is 6.76. The number of rotatable bonds is 5. The van der Waals surface area contributed by atoms with Gasteiger partial charge in [-0.3, -0.25) is 9.48 Å². The SMILES string of the molecule is Cn1cc([C@@H](NC(=O)c2ccc(-n3ccnc3)cc2)C2CC(O)C2)cn1. The molecule has 1 aliphatic carbocycles. The molecule has 1 fully saturated rings. The number of hydrogen-bond acceptors (Lipinski definition) is 4. The Labute approximate surface area is 151 Å². The van der Waals surface area contributed by atoms with E-state index in [1.807, 2.05) is 36.1 Å². The second-order valence-corrected chi connectivity index (χ2v) is 6.80. The van der Waals surface area contributed by atoms with Crippen LogP contribution < -0.4 is 5.32 Å². The molecule has 0 saturated heterocycles. The fourth-order valence-electron chi connectivity index (χ4n) is 3.40. The maximum absolute atomic E-state index is 12.7. The van der Waals surface area contributed by atoms with E-state index < -0.39 is 0 Å². The summed E-state index contributed by atoms with van der Waals surface area (Å²) in [5, 5.41) is 17.0. The number of amides is 1. The Hall–Kier alpha value is -2.93. The van der Waals surface area contributed by atoms with Crippen molar-refractivity contribution < 1.29 is 9.90 Å². The zero-order valence-electron chi connectivity index (χ0n) is 14.5. The summed E-state index contributed by atoms with van der Waals surface area (Å²) in [6.07, 6.45) is 10.1. The summed E-state index contributed by atoms with van der Waals surface area (Å²) in [4.78, 5) is 16.8. The molecule has 0 aliphatic heterocycles. The zero-order chi connectivity index (χ0) is 18.1. The molecule has 2 N–H and O–H groups in total. The van der Waals surface area contributed by atoms with Gasteiger partial charge in [-0.2, -0.15) is 5.10 Å². The number of imidazole rings is 1. The molecule has 2 heterocycles. The van der Waals surface area contributed by atoms with E-state index in [0.29, 0.717) is 18.4 Å². The molecule has 1 atom stereocenters. The Morgan fingerprint density at radius 3 is 2.65 bits per heavy atom. The first-order valence-electron chi connectivity index (χ1n) is 8.66. The van der Waals surface area contributed by atoms with Crippen molar-refractivity contribution in [2.24, 2.45) is 13.0 Å². The van der Waals surface area contributed by atoms with E-state index in [1.165, 1.54) is 0 Å². The van der Waals surface area contributed by atoms with Gasteiger partial charge in [0, 0.05) is 42.5 Å². The number of aryl methyl sites for hydroxylation is 1. The van der Waals surface area contributed by atoms with Gasteiger partial charge < -0.3 is 15.0 Å². The second-order valence-electron chi connectivity index (χ2n) is 6.80. The predicted octanol–water partition coefficient (Wildman–Crippen LogP) is 1.85. The lowest BCUT2D eigenvalue weighted by Crippen LogP contribution is -2.41. The molecule has 1 saturated carbocycles. The Balaban J connectivity index is 1.51. The molecule has 1 aliphatic rings. The Morgan fingerprint density at radius 2 is 2.08 bits per heavy atom. The van der Waals surface area contributed by atoms with Crippen LogP contribution in [0.1, 0.15) is 34.8 Å². The zero-order valence-corrected chi connectivity index (χ0v) is 14.5. The number of benzene rings is 1. The molecular formula is C19H21N5O2. The van der Waals surface area contributed by atoms with E-state index in [2.05, 4.69) is 15.4 Å². The number of nitrogens with zero attached hydrogens (tertiary/aromatic N) is 4. The van der Waals surface area contributed by atoms with Crippen LogP contribution in [-0.4, -0.2) is 36.4 Å². The topological polar surface area (TPSA) is 85.0 Å². The van der Waals surface area contributed by atoms with Crippen molar-refractivity contribution in [1.82, 2.24) is 24.6 Å². The predicted molar refractivity (Wildman–Crippen MR) is 95.7 cm³/mol. The summed E-state index contributed by atoms with van der Waals surface area (Å²) in [7, 11) is 1.85. The highest BCUT2D eigenvalue weighted by Crippen LogP contribution is 2.38. The van der Waals surface area contributed by atoms with Gasteiger partial charge in [-0.05, 0) is 43.0 Å². The van der Waals surface area contributed by atoms with Crippen molar-refractivity contribution in [2.45, 2.75) is 25.0 Å². The van der Waals surface area contributed by atoms with Crippen molar-refractivity contribution in [3.05, 3.63) is 66.5 Å². The normalized spacial score (nSPS) is 20.4. The number of nitrogens with one attached hydrogen (secondary N) is 1. The van der Waals surface area contributed by atoms with Crippen LogP contribution in [0.25, 0.3) is 5.69 Å². The molecule has 7 nitrogen and oxygen atoms in total.